The molecule has 4 rings (SSSR count). The van der Waals surface area contributed by atoms with Gasteiger partial charge in [-0.05, 0) is 12.1 Å². The molecule has 0 saturated carbocycles. The van der Waals surface area contributed by atoms with Crippen molar-refractivity contribution in [1.82, 2.24) is 29.4 Å². The first-order chi connectivity index (χ1) is 10.3. The van der Waals surface area contributed by atoms with Crippen LogP contribution in [0.15, 0.2) is 43.0 Å². The number of aromatic nitrogens is 6. The Morgan fingerprint density at radius 2 is 2.10 bits per heavy atom. The first-order valence-corrected chi connectivity index (χ1v) is 6.94. The average Bonchev–Trinajstić information content (AvgIpc) is 3.11. The quantitative estimate of drug-likeness (QED) is 0.582. The summed E-state index contributed by atoms with van der Waals surface area (Å²) in [6.45, 7) is 0.689. The lowest BCUT2D eigenvalue weighted by atomic mass is 10.2. The van der Waals surface area contributed by atoms with Crippen LogP contribution in [-0.4, -0.2) is 29.4 Å². The number of nitrogens with zero attached hydrogens (tertiary/aromatic N) is 6. The van der Waals surface area contributed by atoms with Gasteiger partial charge in [0.2, 0.25) is 0 Å². The van der Waals surface area contributed by atoms with Gasteiger partial charge in [-0.2, -0.15) is 5.10 Å². The highest BCUT2D eigenvalue weighted by molar-refractivity contribution is 6.30. The van der Waals surface area contributed by atoms with Crippen LogP contribution in [-0.2, 0) is 13.0 Å². The van der Waals surface area contributed by atoms with Gasteiger partial charge in [0.25, 0.3) is 0 Å². The summed E-state index contributed by atoms with van der Waals surface area (Å²) in [6, 6.07) is 7.91. The minimum Gasteiger partial charge on any atom is -0.271 e. The molecule has 0 bridgehead atoms. The van der Waals surface area contributed by atoms with Crippen LogP contribution in [0.3, 0.4) is 0 Å². The third kappa shape index (κ3) is 2.23. The Balaban J connectivity index is 1.68. The largest absolute Gasteiger partial charge is 0.271 e. The normalized spacial score (nSPS) is 11.5. The predicted molar refractivity (Wildman–Crippen MR) is 79.2 cm³/mol. The zero-order valence-electron chi connectivity index (χ0n) is 11.0. The number of para-hydroxylation sites is 1. The maximum Gasteiger partial charge on any atom is 0.166 e. The van der Waals surface area contributed by atoms with Crippen molar-refractivity contribution in [2.45, 2.75) is 13.0 Å². The molecule has 0 amide bonds. The van der Waals surface area contributed by atoms with E-state index in [1.165, 1.54) is 0 Å². The summed E-state index contributed by atoms with van der Waals surface area (Å²) >= 11 is 5.84. The van der Waals surface area contributed by atoms with E-state index in [0.29, 0.717) is 18.0 Å². The number of rotatable bonds is 3. The van der Waals surface area contributed by atoms with E-state index in [1.807, 2.05) is 24.3 Å². The molecule has 7 heteroatoms. The SMILES string of the molecule is Clc1cnn(CCc2nc3c4ccccc4ncn3n2)c1. The third-order valence-corrected chi connectivity index (χ3v) is 3.49. The van der Waals surface area contributed by atoms with Gasteiger partial charge in [-0.1, -0.05) is 23.7 Å². The van der Waals surface area contributed by atoms with E-state index in [2.05, 4.69) is 20.2 Å². The molecule has 4 aromatic rings. The van der Waals surface area contributed by atoms with Crippen LogP contribution in [0, 0.1) is 0 Å². The fourth-order valence-electron chi connectivity index (χ4n) is 2.30. The Hall–Kier alpha value is -2.47. The molecular weight excluding hydrogens is 288 g/mol. The van der Waals surface area contributed by atoms with Crippen LogP contribution in [0.4, 0.5) is 0 Å². The van der Waals surface area contributed by atoms with E-state index in [-0.39, 0.29) is 0 Å². The Morgan fingerprint density at radius 3 is 2.95 bits per heavy atom. The number of halogens is 1. The first kappa shape index (κ1) is 12.3. The molecule has 0 fully saturated rings. The molecule has 0 aliphatic carbocycles. The minimum atomic E-state index is 0.633. The number of fused-ring (bicyclic) bond motifs is 3. The number of hydrogen-bond donors (Lipinski definition) is 0. The summed E-state index contributed by atoms with van der Waals surface area (Å²) in [7, 11) is 0. The Kier molecular flexibility index (Phi) is 2.82. The van der Waals surface area contributed by atoms with Crippen LogP contribution in [0.25, 0.3) is 16.6 Å². The lowest BCUT2D eigenvalue weighted by Crippen LogP contribution is -2.02. The maximum absolute atomic E-state index is 5.84. The molecular formula is C14H11ClN6. The molecule has 21 heavy (non-hydrogen) atoms. The molecule has 0 saturated heterocycles. The zero-order valence-corrected chi connectivity index (χ0v) is 11.8. The highest BCUT2D eigenvalue weighted by atomic mass is 35.5. The lowest BCUT2D eigenvalue weighted by Gasteiger charge is -1.96. The molecule has 3 aromatic heterocycles. The lowest BCUT2D eigenvalue weighted by molar-refractivity contribution is 0.600. The third-order valence-electron chi connectivity index (χ3n) is 3.29. The summed E-state index contributed by atoms with van der Waals surface area (Å²) in [5.74, 6) is 0.764. The van der Waals surface area contributed by atoms with Crippen molar-refractivity contribution >= 4 is 28.2 Å². The molecule has 104 valence electrons. The van der Waals surface area contributed by atoms with Crippen molar-refractivity contribution in [1.29, 1.82) is 0 Å². The van der Waals surface area contributed by atoms with E-state index in [0.717, 1.165) is 22.4 Å². The molecule has 0 aliphatic rings. The van der Waals surface area contributed by atoms with E-state index < -0.39 is 0 Å². The smallest absolute Gasteiger partial charge is 0.166 e. The van der Waals surface area contributed by atoms with E-state index in [4.69, 9.17) is 11.6 Å². The van der Waals surface area contributed by atoms with Gasteiger partial charge >= 0.3 is 0 Å². The van der Waals surface area contributed by atoms with Crippen molar-refractivity contribution in [2.75, 3.05) is 0 Å². The fraction of sp³-hybridized carbons (Fsp3) is 0.143. The Bertz CT molecular complexity index is 925. The average molecular weight is 299 g/mol. The van der Waals surface area contributed by atoms with Crippen LogP contribution >= 0.6 is 11.6 Å². The molecule has 0 unspecified atom stereocenters. The molecule has 3 heterocycles. The van der Waals surface area contributed by atoms with Gasteiger partial charge in [-0.25, -0.2) is 14.5 Å². The second-order valence-electron chi connectivity index (χ2n) is 4.73. The number of benzene rings is 1. The highest BCUT2D eigenvalue weighted by Gasteiger charge is 2.08. The Morgan fingerprint density at radius 1 is 1.19 bits per heavy atom. The van der Waals surface area contributed by atoms with Crippen LogP contribution in [0.5, 0.6) is 0 Å². The van der Waals surface area contributed by atoms with Crippen molar-refractivity contribution in [3.05, 3.63) is 53.8 Å². The number of hydrogen-bond acceptors (Lipinski definition) is 4. The topological polar surface area (TPSA) is 60.9 Å². The Labute approximate surface area is 125 Å². The van der Waals surface area contributed by atoms with Gasteiger partial charge < -0.3 is 0 Å². The summed E-state index contributed by atoms with van der Waals surface area (Å²) < 4.78 is 3.50. The van der Waals surface area contributed by atoms with Gasteiger partial charge in [0, 0.05) is 24.5 Å². The maximum atomic E-state index is 5.84. The van der Waals surface area contributed by atoms with E-state index in [9.17, 15) is 0 Å². The molecule has 0 N–H and O–H groups in total. The molecule has 6 nitrogen and oxygen atoms in total. The number of aryl methyl sites for hydroxylation is 2. The molecule has 0 radical (unpaired) electrons. The van der Waals surface area contributed by atoms with Crippen LogP contribution in [0.2, 0.25) is 5.02 Å². The van der Waals surface area contributed by atoms with Crippen molar-refractivity contribution in [3.63, 3.8) is 0 Å². The predicted octanol–water partition coefficient (Wildman–Crippen LogP) is 2.37. The monoisotopic (exact) mass is 298 g/mol. The van der Waals surface area contributed by atoms with E-state index >= 15 is 0 Å². The minimum absolute atomic E-state index is 0.633. The summed E-state index contributed by atoms with van der Waals surface area (Å²) in [4.78, 5) is 8.97. The van der Waals surface area contributed by atoms with E-state index in [1.54, 1.807) is 27.9 Å². The molecule has 1 aromatic carbocycles. The first-order valence-electron chi connectivity index (χ1n) is 6.56. The molecule has 0 aliphatic heterocycles. The standard InChI is InChI=1S/C14H11ClN6/c15-10-7-17-20(8-10)6-5-13-18-14-11-3-1-2-4-12(11)16-9-21(14)19-13/h1-4,7-9H,5-6H2. The van der Waals surface area contributed by atoms with Crippen LogP contribution < -0.4 is 0 Å². The summed E-state index contributed by atoms with van der Waals surface area (Å²) in [5, 5.41) is 10.2. The van der Waals surface area contributed by atoms with Crippen molar-refractivity contribution in [2.24, 2.45) is 0 Å². The highest BCUT2D eigenvalue weighted by Crippen LogP contribution is 2.16. The van der Waals surface area contributed by atoms with Gasteiger partial charge in [0.05, 0.1) is 16.7 Å². The van der Waals surface area contributed by atoms with Crippen LogP contribution in [0.1, 0.15) is 5.82 Å². The summed E-state index contributed by atoms with van der Waals surface area (Å²) in [5.41, 5.74) is 1.75. The van der Waals surface area contributed by atoms with Gasteiger partial charge in [0.1, 0.15) is 6.33 Å². The van der Waals surface area contributed by atoms with Gasteiger partial charge in [0.15, 0.2) is 11.5 Å². The fourth-order valence-corrected chi connectivity index (χ4v) is 2.46. The zero-order chi connectivity index (χ0) is 14.2. The van der Waals surface area contributed by atoms with Crippen molar-refractivity contribution in [3.8, 4) is 0 Å². The van der Waals surface area contributed by atoms with Gasteiger partial charge in [-0.3, -0.25) is 4.68 Å². The second-order valence-corrected chi connectivity index (χ2v) is 5.17. The molecule has 0 atom stereocenters. The van der Waals surface area contributed by atoms with Gasteiger partial charge in [-0.15, -0.1) is 5.10 Å². The summed E-state index contributed by atoms with van der Waals surface area (Å²) in [6.07, 6.45) is 5.79. The van der Waals surface area contributed by atoms with Crippen molar-refractivity contribution < 1.29 is 0 Å². The second kappa shape index (κ2) is 4.82. The molecule has 0 spiro atoms.